The fourth-order valence-electron chi connectivity index (χ4n) is 1.79. The smallest absolute Gasteiger partial charge is 0.257 e. The van der Waals surface area contributed by atoms with Crippen LogP contribution >= 0.6 is 0 Å². The maximum atomic E-state index is 12.3. The van der Waals surface area contributed by atoms with Crippen LogP contribution in [0.3, 0.4) is 0 Å². The summed E-state index contributed by atoms with van der Waals surface area (Å²) in [7, 11) is 0. The van der Waals surface area contributed by atoms with E-state index in [-0.39, 0.29) is 5.91 Å². The van der Waals surface area contributed by atoms with E-state index in [0.29, 0.717) is 24.6 Å². The molecule has 1 amide bonds. The monoisotopic (exact) mass is 247 g/mol. The third kappa shape index (κ3) is 3.00. The van der Waals surface area contributed by atoms with E-state index in [1.807, 2.05) is 0 Å². The molecule has 2 rings (SSSR count). The van der Waals surface area contributed by atoms with E-state index in [4.69, 9.17) is 4.42 Å². The van der Waals surface area contributed by atoms with Gasteiger partial charge in [0.05, 0.1) is 18.4 Å². The first-order valence-electron chi connectivity index (χ1n) is 5.96. The Hall–Kier alpha value is -2.04. The summed E-state index contributed by atoms with van der Waals surface area (Å²) in [6, 6.07) is 1.68. The van der Waals surface area contributed by atoms with Crippen molar-refractivity contribution in [2.24, 2.45) is 5.92 Å². The van der Waals surface area contributed by atoms with E-state index >= 15 is 0 Å². The highest BCUT2D eigenvalue weighted by atomic mass is 16.3. The van der Waals surface area contributed by atoms with Gasteiger partial charge in [0.2, 0.25) is 0 Å². The molecule has 2 aromatic rings. The second kappa shape index (κ2) is 5.53. The number of aromatic amines is 1. The van der Waals surface area contributed by atoms with Gasteiger partial charge >= 0.3 is 0 Å². The highest BCUT2D eigenvalue weighted by molar-refractivity contribution is 5.93. The summed E-state index contributed by atoms with van der Waals surface area (Å²) in [6.07, 6.45) is 6.42. The van der Waals surface area contributed by atoms with Crippen LogP contribution in [0.5, 0.6) is 0 Å². The van der Waals surface area contributed by atoms with Crippen molar-refractivity contribution in [3.05, 3.63) is 42.4 Å². The molecule has 5 nitrogen and oxygen atoms in total. The van der Waals surface area contributed by atoms with Gasteiger partial charge in [-0.1, -0.05) is 13.8 Å². The van der Waals surface area contributed by atoms with Crippen LogP contribution in [-0.2, 0) is 6.54 Å². The Labute approximate surface area is 106 Å². The Morgan fingerprint density at radius 3 is 2.94 bits per heavy atom. The van der Waals surface area contributed by atoms with Crippen molar-refractivity contribution < 1.29 is 9.21 Å². The molecule has 1 N–H and O–H groups in total. The van der Waals surface area contributed by atoms with Crippen molar-refractivity contribution in [1.82, 2.24) is 14.9 Å². The van der Waals surface area contributed by atoms with Crippen molar-refractivity contribution in [3.8, 4) is 0 Å². The van der Waals surface area contributed by atoms with E-state index in [1.54, 1.807) is 23.4 Å². The van der Waals surface area contributed by atoms with Crippen LogP contribution in [0.15, 0.2) is 35.4 Å². The predicted octanol–water partition coefficient (Wildman–Crippen LogP) is 2.30. The van der Waals surface area contributed by atoms with E-state index in [1.165, 1.54) is 12.5 Å². The normalized spacial score (nSPS) is 10.8. The zero-order chi connectivity index (χ0) is 13.0. The lowest BCUT2D eigenvalue weighted by Crippen LogP contribution is -2.33. The number of nitrogens with one attached hydrogen (secondary N) is 1. The van der Waals surface area contributed by atoms with Crippen LogP contribution in [-0.4, -0.2) is 27.3 Å². The average molecular weight is 247 g/mol. The number of nitrogens with zero attached hydrogens (tertiary/aromatic N) is 2. The minimum absolute atomic E-state index is 0.0335. The number of H-pyrrole nitrogens is 1. The van der Waals surface area contributed by atoms with Crippen molar-refractivity contribution in [2.75, 3.05) is 6.54 Å². The molecule has 0 saturated carbocycles. The SMILES string of the molecule is CC(C)CN(Cc1ncc[nH]1)C(=O)c1ccoc1. The molecule has 0 fully saturated rings. The fourth-order valence-corrected chi connectivity index (χ4v) is 1.79. The van der Waals surface area contributed by atoms with Crippen LogP contribution < -0.4 is 0 Å². The maximum Gasteiger partial charge on any atom is 0.257 e. The van der Waals surface area contributed by atoms with Crippen molar-refractivity contribution in [1.29, 1.82) is 0 Å². The second-order valence-electron chi connectivity index (χ2n) is 4.63. The molecule has 0 radical (unpaired) electrons. The van der Waals surface area contributed by atoms with Gasteiger partial charge in [-0.05, 0) is 12.0 Å². The van der Waals surface area contributed by atoms with E-state index in [2.05, 4.69) is 23.8 Å². The minimum atomic E-state index is -0.0335. The average Bonchev–Trinajstić information content (AvgIpc) is 2.99. The van der Waals surface area contributed by atoms with Crippen LogP contribution in [0.2, 0.25) is 0 Å². The van der Waals surface area contributed by atoms with E-state index in [9.17, 15) is 4.79 Å². The van der Waals surface area contributed by atoms with Crippen molar-refractivity contribution >= 4 is 5.91 Å². The van der Waals surface area contributed by atoms with Gasteiger partial charge in [0.1, 0.15) is 12.1 Å². The number of amides is 1. The highest BCUT2D eigenvalue weighted by Gasteiger charge is 2.18. The van der Waals surface area contributed by atoms with Gasteiger partial charge in [-0.3, -0.25) is 4.79 Å². The van der Waals surface area contributed by atoms with Gasteiger partial charge in [0, 0.05) is 18.9 Å². The maximum absolute atomic E-state index is 12.3. The number of rotatable bonds is 5. The standard InChI is InChI=1S/C13H17N3O2/c1-10(2)7-16(8-12-14-4-5-15-12)13(17)11-3-6-18-9-11/h3-6,9-10H,7-8H2,1-2H3,(H,14,15). The molecule has 2 aromatic heterocycles. The molecule has 18 heavy (non-hydrogen) atoms. The third-order valence-corrected chi connectivity index (χ3v) is 2.54. The van der Waals surface area contributed by atoms with Gasteiger partial charge in [0.25, 0.3) is 5.91 Å². The number of carbonyl (C=O) groups excluding carboxylic acids is 1. The lowest BCUT2D eigenvalue weighted by atomic mass is 10.2. The van der Waals surface area contributed by atoms with Crippen LogP contribution in [0.1, 0.15) is 30.0 Å². The first-order chi connectivity index (χ1) is 8.66. The third-order valence-electron chi connectivity index (χ3n) is 2.54. The zero-order valence-electron chi connectivity index (χ0n) is 10.6. The van der Waals surface area contributed by atoms with Gasteiger partial charge in [0.15, 0.2) is 0 Å². The number of furan rings is 1. The predicted molar refractivity (Wildman–Crippen MR) is 66.9 cm³/mol. The van der Waals surface area contributed by atoms with Gasteiger partial charge in [-0.15, -0.1) is 0 Å². The number of hydrogen-bond donors (Lipinski definition) is 1. The Kier molecular flexibility index (Phi) is 3.82. The lowest BCUT2D eigenvalue weighted by Gasteiger charge is -2.23. The molecule has 0 spiro atoms. The summed E-state index contributed by atoms with van der Waals surface area (Å²) in [4.78, 5) is 21.2. The molecule has 0 aliphatic carbocycles. The topological polar surface area (TPSA) is 62.1 Å². The van der Waals surface area contributed by atoms with Gasteiger partial charge < -0.3 is 14.3 Å². The molecule has 0 atom stereocenters. The van der Waals surface area contributed by atoms with Crippen LogP contribution in [0.4, 0.5) is 0 Å². The molecule has 0 unspecified atom stereocenters. The fraction of sp³-hybridized carbons (Fsp3) is 0.385. The molecule has 2 heterocycles. The summed E-state index contributed by atoms with van der Waals surface area (Å²) in [5.74, 6) is 1.15. The summed E-state index contributed by atoms with van der Waals surface area (Å²) in [5.41, 5.74) is 0.571. The van der Waals surface area contributed by atoms with Crippen molar-refractivity contribution in [3.63, 3.8) is 0 Å². The zero-order valence-corrected chi connectivity index (χ0v) is 10.6. The van der Waals surface area contributed by atoms with Crippen LogP contribution in [0, 0.1) is 5.92 Å². The van der Waals surface area contributed by atoms with Gasteiger partial charge in [-0.2, -0.15) is 0 Å². The quantitative estimate of drug-likeness (QED) is 0.881. The first kappa shape index (κ1) is 12.4. The molecular formula is C13H17N3O2. The molecule has 0 aliphatic rings. The molecule has 0 aromatic carbocycles. The Bertz CT molecular complexity index is 474. The molecule has 0 aliphatic heterocycles. The van der Waals surface area contributed by atoms with E-state index in [0.717, 1.165) is 5.82 Å². The summed E-state index contributed by atoms with van der Waals surface area (Å²) >= 11 is 0. The molecule has 0 bridgehead atoms. The summed E-state index contributed by atoms with van der Waals surface area (Å²) in [6.45, 7) is 5.33. The molecular weight excluding hydrogens is 230 g/mol. The molecule has 5 heteroatoms. The second-order valence-corrected chi connectivity index (χ2v) is 4.63. The number of carbonyl (C=O) groups is 1. The Balaban J connectivity index is 2.12. The number of hydrogen-bond acceptors (Lipinski definition) is 3. The largest absolute Gasteiger partial charge is 0.472 e. The van der Waals surface area contributed by atoms with Gasteiger partial charge in [-0.25, -0.2) is 4.98 Å². The molecule has 96 valence electrons. The number of aromatic nitrogens is 2. The highest BCUT2D eigenvalue weighted by Crippen LogP contribution is 2.11. The van der Waals surface area contributed by atoms with E-state index < -0.39 is 0 Å². The lowest BCUT2D eigenvalue weighted by molar-refractivity contribution is 0.0717. The Morgan fingerprint density at radius 2 is 2.39 bits per heavy atom. The summed E-state index contributed by atoms with van der Waals surface area (Å²) in [5, 5.41) is 0. The number of imidazole rings is 1. The van der Waals surface area contributed by atoms with Crippen molar-refractivity contribution in [2.45, 2.75) is 20.4 Å². The molecule has 0 saturated heterocycles. The minimum Gasteiger partial charge on any atom is -0.472 e. The Morgan fingerprint density at radius 1 is 1.56 bits per heavy atom. The summed E-state index contributed by atoms with van der Waals surface area (Å²) < 4.78 is 4.96. The first-order valence-corrected chi connectivity index (χ1v) is 5.96. The van der Waals surface area contributed by atoms with Crippen LogP contribution in [0.25, 0.3) is 0 Å².